The van der Waals surface area contributed by atoms with Crippen LogP contribution in [0, 0.1) is 5.41 Å². The van der Waals surface area contributed by atoms with Crippen LogP contribution in [0.2, 0.25) is 0 Å². The molecule has 0 aliphatic carbocycles. The van der Waals surface area contributed by atoms with Crippen LogP contribution in [0.4, 0.5) is 13.2 Å². The first-order chi connectivity index (χ1) is 12.9. The van der Waals surface area contributed by atoms with Gasteiger partial charge in [-0.25, -0.2) is 0 Å². The van der Waals surface area contributed by atoms with Gasteiger partial charge in [0.05, 0.1) is 0 Å². The van der Waals surface area contributed by atoms with Crippen molar-refractivity contribution in [1.82, 2.24) is 15.5 Å². The van der Waals surface area contributed by atoms with Gasteiger partial charge in [-0.05, 0) is 44.2 Å². The fraction of sp³-hybridized carbons (Fsp3) is 0.650. The Labute approximate surface area is 157 Å². The highest BCUT2D eigenvalue weighted by atomic mass is 19.4. The summed E-state index contributed by atoms with van der Waals surface area (Å²) >= 11 is 0. The molecule has 0 spiro atoms. The van der Waals surface area contributed by atoms with Crippen molar-refractivity contribution in [3.63, 3.8) is 0 Å². The van der Waals surface area contributed by atoms with E-state index in [0.717, 1.165) is 31.2 Å². The minimum atomic E-state index is -4.55. The Morgan fingerprint density at radius 2 is 1.85 bits per heavy atom. The summed E-state index contributed by atoms with van der Waals surface area (Å²) in [5.74, 6) is -0.836. The first-order valence-corrected chi connectivity index (χ1v) is 9.76. The highest BCUT2D eigenvalue weighted by Crippen LogP contribution is 2.46. The third-order valence-corrected chi connectivity index (χ3v) is 6.38. The van der Waals surface area contributed by atoms with Crippen LogP contribution in [-0.2, 0) is 11.3 Å². The molecule has 4 rings (SSSR count). The zero-order valence-corrected chi connectivity index (χ0v) is 15.3. The second kappa shape index (κ2) is 7.09. The summed E-state index contributed by atoms with van der Waals surface area (Å²) in [6, 6.07) is 9.94. The number of hydrogen-bond donors (Lipinski definition) is 2. The van der Waals surface area contributed by atoms with E-state index in [9.17, 15) is 18.0 Å². The zero-order valence-electron chi connectivity index (χ0n) is 15.3. The molecule has 3 fully saturated rings. The lowest BCUT2D eigenvalue weighted by molar-refractivity contribution is -0.218. The van der Waals surface area contributed by atoms with Gasteiger partial charge in [0, 0.05) is 31.2 Å². The van der Waals surface area contributed by atoms with Crippen LogP contribution in [0.5, 0.6) is 0 Å². The van der Waals surface area contributed by atoms with Gasteiger partial charge in [0.15, 0.2) is 5.41 Å². The van der Waals surface area contributed by atoms with Gasteiger partial charge >= 0.3 is 6.18 Å². The molecule has 3 unspecified atom stereocenters. The molecule has 2 bridgehead atoms. The van der Waals surface area contributed by atoms with E-state index < -0.39 is 17.5 Å². The molecule has 0 aromatic heterocycles. The van der Waals surface area contributed by atoms with E-state index >= 15 is 0 Å². The summed E-state index contributed by atoms with van der Waals surface area (Å²) in [6.07, 6.45) is -1.17. The fourth-order valence-corrected chi connectivity index (χ4v) is 4.91. The smallest absolute Gasteiger partial charge is 0.352 e. The van der Waals surface area contributed by atoms with Crippen LogP contribution in [0.25, 0.3) is 0 Å². The van der Waals surface area contributed by atoms with Crippen molar-refractivity contribution in [2.45, 2.75) is 63.0 Å². The fourth-order valence-electron chi connectivity index (χ4n) is 4.91. The number of amides is 1. The minimum Gasteiger partial charge on any atom is -0.352 e. The number of carbonyl (C=O) groups is 1. The molecule has 4 nitrogen and oxygen atoms in total. The lowest BCUT2D eigenvalue weighted by atomic mass is 9.84. The van der Waals surface area contributed by atoms with E-state index in [2.05, 4.69) is 10.6 Å². The Morgan fingerprint density at radius 3 is 2.48 bits per heavy atom. The maximum absolute atomic E-state index is 14.0. The molecule has 2 N–H and O–H groups in total. The molecular weight excluding hydrogens is 355 g/mol. The van der Waals surface area contributed by atoms with Gasteiger partial charge in [0.2, 0.25) is 5.91 Å². The van der Waals surface area contributed by atoms with Crippen molar-refractivity contribution in [3.05, 3.63) is 35.9 Å². The van der Waals surface area contributed by atoms with Crippen LogP contribution in [-0.4, -0.2) is 48.2 Å². The van der Waals surface area contributed by atoms with Crippen LogP contribution in [0.15, 0.2) is 30.3 Å². The molecular formula is C20H26F3N3O. The Kier molecular flexibility index (Phi) is 4.93. The summed E-state index contributed by atoms with van der Waals surface area (Å²) in [6.45, 7) is 0.442. The maximum Gasteiger partial charge on any atom is 0.404 e. The van der Waals surface area contributed by atoms with E-state index in [-0.39, 0.29) is 25.6 Å². The van der Waals surface area contributed by atoms with Crippen molar-refractivity contribution in [3.8, 4) is 0 Å². The van der Waals surface area contributed by atoms with Gasteiger partial charge < -0.3 is 10.6 Å². The number of hydrogen-bond acceptors (Lipinski definition) is 3. The van der Waals surface area contributed by atoms with E-state index in [4.69, 9.17) is 0 Å². The molecule has 0 radical (unpaired) electrons. The van der Waals surface area contributed by atoms with Gasteiger partial charge in [-0.3, -0.25) is 9.69 Å². The summed E-state index contributed by atoms with van der Waals surface area (Å²) in [5, 5.41) is 6.22. The molecule has 1 aromatic carbocycles. The molecule has 3 atom stereocenters. The number of fused-ring (bicyclic) bond motifs is 2. The van der Waals surface area contributed by atoms with E-state index in [1.807, 2.05) is 30.3 Å². The number of benzene rings is 1. The summed E-state index contributed by atoms with van der Waals surface area (Å²) in [5.41, 5.74) is -1.34. The maximum atomic E-state index is 14.0. The van der Waals surface area contributed by atoms with Crippen molar-refractivity contribution >= 4 is 5.91 Å². The number of alkyl halides is 3. The molecule has 3 aliphatic heterocycles. The van der Waals surface area contributed by atoms with Crippen molar-refractivity contribution in [2.24, 2.45) is 5.41 Å². The molecule has 148 valence electrons. The third-order valence-electron chi connectivity index (χ3n) is 6.38. The molecule has 7 heteroatoms. The SMILES string of the molecule is O=C(NC1CC2CCC(C1)N2)C1(C(F)(F)F)CCN(Cc2ccccc2)C1. The largest absolute Gasteiger partial charge is 0.404 e. The molecule has 3 saturated heterocycles. The first kappa shape index (κ1) is 18.7. The lowest BCUT2D eigenvalue weighted by Crippen LogP contribution is -2.57. The molecule has 1 amide bonds. The van der Waals surface area contributed by atoms with Crippen molar-refractivity contribution in [2.75, 3.05) is 13.1 Å². The number of halogens is 3. The molecule has 3 aliphatic rings. The molecule has 3 heterocycles. The Bertz CT molecular complexity index is 669. The minimum absolute atomic E-state index is 0.154. The van der Waals surface area contributed by atoms with E-state index in [1.165, 1.54) is 0 Å². The van der Waals surface area contributed by atoms with Gasteiger partial charge in [-0.2, -0.15) is 13.2 Å². The molecule has 27 heavy (non-hydrogen) atoms. The number of nitrogens with one attached hydrogen (secondary N) is 2. The van der Waals surface area contributed by atoms with Gasteiger partial charge in [0.25, 0.3) is 0 Å². The number of likely N-dealkylation sites (tertiary alicyclic amines) is 1. The van der Waals surface area contributed by atoms with Gasteiger partial charge in [-0.15, -0.1) is 0 Å². The van der Waals surface area contributed by atoms with Crippen LogP contribution >= 0.6 is 0 Å². The summed E-state index contributed by atoms with van der Waals surface area (Å²) in [7, 11) is 0. The molecule has 0 saturated carbocycles. The number of rotatable bonds is 4. The Hall–Kier alpha value is -1.60. The van der Waals surface area contributed by atoms with E-state index in [0.29, 0.717) is 18.6 Å². The topological polar surface area (TPSA) is 44.4 Å². The zero-order chi connectivity index (χ0) is 19.1. The van der Waals surface area contributed by atoms with E-state index in [1.54, 1.807) is 4.90 Å². The standard InChI is InChI=1S/C20H26F3N3O/c21-20(22,23)19(8-9-26(13-19)12-14-4-2-1-3-5-14)18(27)25-17-10-15-6-7-16(11-17)24-15/h1-5,15-17,24H,6-13H2,(H,25,27). The monoisotopic (exact) mass is 381 g/mol. The van der Waals surface area contributed by atoms with Crippen LogP contribution in [0.1, 0.15) is 37.7 Å². The average Bonchev–Trinajstić information content (AvgIpc) is 3.20. The number of piperidine rings is 1. The predicted molar refractivity (Wildman–Crippen MR) is 95.9 cm³/mol. The third kappa shape index (κ3) is 3.72. The Morgan fingerprint density at radius 1 is 1.19 bits per heavy atom. The van der Waals surface area contributed by atoms with Gasteiger partial charge in [0.1, 0.15) is 0 Å². The quantitative estimate of drug-likeness (QED) is 0.843. The normalized spacial score (nSPS) is 34.0. The highest BCUT2D eigenvalue weighted by molar-refractivity contribution is 5.84. The van der Waals surface area contributed by atoms with Crippen LogP contribution in [0.3, 0.4) is 0 Å². The number of nitrogens with zero attached hydrogens (tertiary/aromatic N) is 1. The Balaban J connectivity index is 1.45. The first-order valence-electron chi connectivity index (χ1n) is 9.76. The lowest BCUT2D eigenvalue weighted by Gasteiger charge is -2.35. The second-order valence-electron chi connectivity index (χ2n) is 8.31. The average molecular weight is 381 g/mol. The highest BCUT2D eigenvalue weighted by Gasteiger charge is 2.63. The van der Waals surface area contributed by atoms with Crippen LogP contribution < -0.4 is 10.6 Å². The molecule has 1 aromatic rings. The second-order valence-corrected chi connectivity index (χ2v) is 8.31. The summed E-state index contributed by atoms with van der Waals surface area (Å²) < 4.78 is 42.0. The predicted octanol–water partition coefficient (Wildman–Crippen LogP) is 2.84. The summed E-state index contributed by atoms with van der Waals surface area (Å²) in [4.78, 5) is 14.6. The van der Waals surface area contributed by atoms with Crippen molar-refractivity contribution in [1.29, 1.82) is 0 Å². The number of carbonyl (C=O) groups excluding carboxylic acids is 1. The van der Waals surface area contributed by atoms with Gasteiger partial charge in [-0.1, -0.05) is 30.3 Å². The van der Waals surface area contributed by atoms with Crippen molar-refractivity contribution < 1.29 is 18.0 Å².